The van der Waals surface area contributed by atoms with Crippen molar-refractivity contribution in [3.63, 3.8) is 0 Å². The fourth-order valence-electron chi connectivity index (χ4n) is 1.51. The van der Waals surface area contributed by atoms with E-state index in [0.717, 1.165) is 25.7 Å². The fraction of sp³-hybridized carbons (Fsp3) is 0.778. The van der Waals surface area contributed by atoms with Crippen molar-refractivity contribution >= 4 is 11.9 Å². The third-order valence-electron chi connectivity index (χ3n) is 2.28. The molecule has 0 aromatic heterocycles. The van der Waals surface area contributed by atoms with E-state index in [-0.39, 0.29) is 5.91 Å². The van der Waals surface area contributed by atoms with Crippen molar-refractivity contribution in [3.05, 3.63) is 0 Å². The first-order valence-corrected chi connectivity index (χ1v) is 4.72. The number of carbonyl (C=O) groups excluding carboxylic acids is 1. The highest BCUT2D eigenvalue weighted by molar-refractivity contribution is 5.83. The summed E-state index contributed by atoms with van der Waals surface area (Å²) < 4.78 is 0. The van der Waals surface area contributed by atoms with Crippen molar-refractivity contribution in [1.82, 2.24) is 5.32 Å². The van der Waals surface area contributed by atoms with Gasteiger partial charge < -0.3 is 10.4 Å². The lowest BCUT2D eigenvalue weighted by atomic mass is 10.1. The zero-order chi connectivity index (χ0) is 9.68. The molecule has 1 rings (SSSR count). The maximum absolute atomic E-state index is 11.1. The Bertz CT molecular complexity index is 203. The van der Waals surface area contributed by atoms with Gasteiger partial charge in [-0.3, -0.25) is 4.79 Å². The van der Waals surface area contributed by atoms with Crippen molar-refractivity contribution < 1.29 is 14.7 Å². The van der Waals surface area contributed by atoms with Gasteiger partial charge in [0.25, 0.3) is 0 Å². The number of amides is 1. The van der Waals surface area contributed by atoms with Crippen molar-refractivity contribution in [2.24, 2.45) is 0 Å². The minimum absolute atomic E-state index is 0.130. The van der Waals surface area contributed by atoms with Crippen molar-refractivity contribution in [1.29, 1.82) is 0 Å². The summed E-state index contributed by atoms with van der Waals surface area (Å²) in [5.41, 5.74) is 0. The van der Waals surface area contributed by atoms with E-state index in [2.05, 4.69) is 5.32 Å². The normalized spacial score (nSPS) is 25.2. The molecule has 1 amide bonds. The van der Waals surface area contributed by atoms with Gasteiger partial charge in [-0.15, -0.1) is 0 Å². The monoisotopic (exact) mass is 185 g/mol. The molecule has 0 aromatic rings. The number of nitrogens with one attached hydrogen (secondary N) is 1. The predicted molar refractivity (Wildman–Crippen MR) is 47.3 cm³/mol. The molecule has 1 atom stereocenters. The van der Waals surface area contributed by atoms with Crippen LogP contribution in [0.25, 0.3) is 0 Å². The zero-order valence-corrected chi connectivity index (χ0v) is 7.58. The minimum Gasteiger partial charge on any atom is -0.480 e. The van der Waals surface area contributed by atoms with Crippen molar-refractivity contribution in [3.8, 4) is 0 Å². The van der Waals surface area contributed by atoms with Crippen LogP contribution in [-0.4, -0.2) is 23.0 Å². The van der Waals surface area contributed by atoms with E-state index in [0.29, 0.717) is 12.8 Å². The molecule has 74 valence electrons. The van der Waals surface area contributed by atoms with E-state index >= 15 is 0 Å². The molecule has 0 spiro atoms. The van der Waals surface area contributed by atoms with Crippen LogP contribution < -0.4 is 5.32 Å². The summed E-state index contributed by atoms with van der Waals surface area (Å²) >= 11 is 0. The van der Waals surface area contributed by atoms with Crippen LogP contribution in [0, 0.1) is 0 Å². The van der Waals surface area contributed by atoms with Gasteiger partial charge in [0.1, 0.15) is 6.04 Å². The minimum atomic E-state index is -0.921. The number of carboxylic acids is 1. The van der Waals surface area contributed by atoms with Crippen LogP contribution in [0.4, 0.5) is 0 Å². The first-order valence-electron chi connectivity index (χ1n) is 4.72. The predicted octanol–water partition coefficient (Wildman–Crippen LogP) is 0.910. The second-order valence-corrected chi connectivity index (χ2v) is 3.41. The Morgan fingerprint density at radius 3 is 2.69 bits per heavy atom. The summed E-state index contributed by atoms with van der Waals surface area (Å²) in [5.74, 6) is -1.05. The Labute approximate surface area is 77.3 Å². The highest BCUT2D eigenvalue weighted by atomic mass is 16.4. The molecule has 1 fully saturated rings. The summed E-state index contributed by atoms with van der Waals surface area (Å²) in [6, 6.07) is -0.675. The lowest BCUT2D eigenvalue weighted by molar-refractivity contribution is -0.142. The molecule has 2 N–H and O–H groups in total. The number of hydrogen-bond donors (Lipinski definition) is 2. The number of carboxylic acid groups (broad SMARTS) is 1. The Hall–Kier alpha value is -1.06. The van der Waals surface area contributed by atoms with Crippen LogP contribution in [0.1, 0.15) is 38.5 Å². The van der Waals surface area contributed by atoms with Gasteiger partial charge in [0.15, 0.2) is 0 Å². The standard InChI is InChI=1S/C9H15NO3/c11-8-6-4-2-1-3-5-7(10-8)9(12)13/h7H,1-6H2,(H,10,11)(H,12,13). The zero-order valence-electron chi connectivity index (χ0n) is 7.58. The Morgan fingerprint density at radius 1 is 1.31 bits per heavy atom. The van der Waals surface area contributed by atoms with E-state index in [4.69, 9.17) is 5.11 Å². The second-order valence-electron chi connectivity index (χ2n) is 3.41. The molecule has 4 nitrogen and oxygen atoms in total. The molecular formula is C9H15NO3. The lowest BCUT2D eigenvalue weighted by Crippen LogP contribution is -2.40. The second kappa shape index (κ2) is 4.84. The molecule has 1 heterocycles. The van der Waals surface area contributed by atoms with Crippen molar-refractivity contribution in [2.75, 3.05) is 0 Å². The van der Waals surface area contributed by atoms with E-state index in [1.54, 1.807) is 0 Å². The smallest absolute Gasteiger partial charge is 0.326 e. The molecule has 0 saturated carbocycles. The van der Waals surface area contributed by atoms with Gasteiger partial charge >= 0.3 is 5.97 Å². The van der Waals surface area contributed by atoms with Gasteiger partial charge in [0.05, 0.1) is 0 Å². The van der Waals surface area contributed by atoms with Crippen LogP contribution in [0.15, 0.2) is 0 Å². The molecule has 13 heavy (non-hydrogen) atoms. The first-order chi connectivity index (χ1) is 6.20. The highest BCUT2D eigenvalue weighted by Crippen LogP contribution is 2.10. The molecule has 0 aromatic carbocycles. The van der Waals surface area contributed by atoms with Gasteiger partial charge in [-0.25, -0.2) is 4.79 Å². The number of carbonyl (C=O) groups is 2. The van der Waals surface area contributed by atoms with Gasteiger partial charge in [-0.2, -0.15) is 0 Å². The number of aliphatic carboxylic acids is 1. The summed E-state index contributed by atoms with van der Waals surface area (Å²) in [7, 11) is 0. The van der Waals surface area contributed by atoms with Crippen LogP contribution in [0.2, 0.25) is 0 Å². The maximum Gasteiger partial charge on any atom is 0.326 e. The number of hydrogen-bond acceptors (Lipinski definition) is 2. The molecule has 0 bridgehead atoms. The van der Waals surface area contributed by atoms with Crippen molar-refractivity contribution in [2.45, 2.75) is 44.6 Å². The van der Waals surface area contributed by atoms with Gasteiger partial charge in [0, 0.05) is 6.42 Å². The average Bonchev–Trinajstić information content (AvgIpc) is 2.16. The van der Waals surface area contributed by atoms with E-state index in [9.17, 15) is 9.59 Å². The lowest BCUT2D eigenvalue weighted by Gasteiger charge is -2.12. The van der Waals surface area contributed by atoms with Crippen LogP contribution in [0.3, 0.4) is 0 Å². The SMILES string of the molecule is O=C1CCCCCCC(C(=O)O)N1. The van der Waals surface area contributed by atoms with Gasteiger partial charge in [-0.1, -0.05) is 19.3 Å². The molecule has 1 unspecified atom stereocenters. The highest BCUT2D eigenvalue weighted by Gasteiger charge is 2.19. The molecular weight excluding hydrogens is 170 g/mol. The molecule has 1 aliphatic heterocycles. The summed E-state index contributed by atoms with van der Waals surface area (Å²) in [4.78, 5) is 21.8. The van der Waals surface area contributed by atoms with Gasteiger partial charge in [-0.05, 0) is 12.8 Å². The maximum atomic E-state index is 11.1. The Morgan fingerprint density at radius 2 is 2.00 bits per heavy atom. The number of rotatable bonds is 1. The summed E-state index contributed by atoms with van der Waals surface area (Å²) in [6.07, 6.45) is 4.83. The van der Waals surface area contributed by atoms with E-state index in [1.807, 2.05) is 0 Å². The Kier molecular flexibility index (Phi) is 3.73. The third-order valence-corrected chi connectivity index (χ3v) is 2.28. The molecule has 0 aliphatic carbocycles. The molecule has 4 heteroatoms. The quantitative estimate of drug-likeness (QED) is 0.638. The molecule has 0 radical (unpaired) electrons. The summed E-state index contributed by atoms with van der Waals surface area (Å²) in [6.45, 7) is 0. The van der Waals surface area contributed by atoms with E-state index in [1.165, 1.54) is 0 Å². The fourth-order valence-corrected chi connectivity index (χ4v) is 1.51. The first kappa shape index (κ1) is 10.0. The molecule has 1 saturated heterocycles. The summed E-state index contributed by atoms with van der Waals surface area (Å²) in [5, 5.41) is 11.3. The van der Waals surface area contributed by atoms with E-state index < -0.39 is 12.0 Å². The van der Waals surface area contributed by atoms with Gasteiger partial charge in [0.2, 0.25) is 5.91 Å². The average molecular weight is 185 g/mol. The van der Waals surface area contributed by atoms with Crippen LogP contribution in [-0.2, 0) is 9.59 Å². The Balaban J connectivity index is 2.51. The third kappa shape index (κ3) is 3.44. The molecule has 1 aliphatic rings. The topological polar surface area (TPSA) is 66.4 Å². The van der Waals surface area contributed by atoms with Crippen LogP contribution >= 0.6 is 0 Å². The van der Waals surface area contributed by atoms with Crippen LogP contribution in [0.5, 0.6) is 0 Å². The largest absolute Gasteiger partial charge is 0.480 e.